The molecule has 0 radical (unpaired) electrons. The quantitative estimate of drug-likeness (QED) is 0.528. The molecule has 0 bridgehead atoms. The van der Waals surface area contributed by atoms with Gasteiger partial charge in [0.25, 0.3) is 0 Å². The number of aliphatic hydroxyl groups excluding tert-OH is 2. The van der Waals surface area contributed by atoms with E-state index < -0.39 is 12.2 Å². The largest absolute Gasteiger partial charge is 0.388 e. The van der Waals surface area contributed by atoms with E-state index in [4.69, 9.17) is 10.2 Å². The van der Waals surface area contributed by atoms with E-state index in [0.29, 0.717) is 0 Å². The van der Waals surface area contributed by atoms with Gasteiger partial charge in [0.1, 0.15) is 12.2 Å². The molecule has 4 nitrogen and oxygen atoms in total. The molecule has 2 N–H and O–H groups in total. The molecule has 0 fully saturated rings. The molecule has 62 valence electrons. The van der Waals surface area contributed by atoms with Crippen molar-refractivity contribution in [1.82, 2.24) is 0 Å². The van der Waals surface area contributed by atoms with E-state index in [-0.39, 0.29) is 13.2 Å². The van der Waals surface area contributed by atoms with Gasteiger partial charge in [-0.1, -0.05) is 0 Å². The summed E-state index contributed by atoms with van der Waals surface area (Å²) in [5, 5.41) is 18.0. The molecule has 0 aliphatic carbocycles. The van der Waals surface area contributed by atoms with Gasteiger partial charge in [0, 0.05) is 14.2 Å². The van der Waals surface area contributed by atoms with Crippen molar-refractivity contribution in [1.29, 1.82) is 0 Å². The van der Waals surface area contributed by atoms with Crippen LogP contribution in [0.1, 0.15) is 0 Å². The molecule has 0 aliphatic heterocycles. The maximum Gasteiger partial charge on any atom is 0.105 e. The molecule has 0 spiro atoms. The Balaban J connectivity index is 3.38. The Kier molecular flexibility index (Phi) is 5.52. The Labute approximate surface area is 60.4 Å². The van der Waals surface area contributed by atoms with Gasteiger partial charge in [-0.15, -0.1) is 0 Å². The summed E-state index contributed by atoms with van der Waals surface area (Å²) in [7, 11) is 2.92. The molecular formula is C6H14O4. The van der Waals surface area contributed by atoms with Gasteiger partial charge in [-0.05, 0) is 0 Å². The molecule has 0 saturated carbocycles. The predicted molar refractivity (Wildman–Crippen MR) is 35.8 cm³/mol. The molecule has 4 heteroatoms. The number of ether oxygens (including phenoxy) is 2. The minimum atomic E-state index is -0.857. The number of aliphatic hydroxyl groups is 2. The van der Waals surface area contributed by atoms with Gasteiger partial charge in [0.2, 0.25) is 0 Å². The summed E-state index contributed by atoms with van der Waals surface area (Å²) in [6.07, 6.45) is -1.71. The summed E-state index contributed by atoms with van der Waals surface area (Å²) in [5.74, 6) is 0. The van der Waals surface area contributed by atoms with Gasteiger partial charge in [-0.25, -0.2) is 0 Å². The highest BCUT2D eigenvalue weighted by Crippen LogP contribution is 1.93. The molecule has 0 aromatic rings. The molecule has 2 atom stereocenters. The molecule has 0 rings (SSSR count). The van der Waals surface area contributed by atoms with E-state index in [1.807, 2.05) is 0 Å². The topological polar surface area (TPSA) is 58.9 Å². The normalized spacial score (nSPS) is 16.8. The highest BCUT2D eigenvalue weighted by atomic mass is 16.5. The van der Waals surface area contributed by atoms with Crippen LogP contribution < -0.4 is 0 Å². The van der Waals surface area contributed by atoms with Crippen molar-refractivity contribution < 1.29 is 19.7 Å². The van der Waals surface area contributed by atoms with Gasteiger partial charge in [-0.3, -0.25) is 0 Å². The van der Waals surface area contributed by atoms with Crippen molar-refractivity contribution in [3.63, 3.8) is 0 Å². The summed E-state index contributed by atoms with van der Waals surface area (Å²) < 4.78 is 9.21. The van der Waals surface area contributed by atoms with E-state index in [9.17, 15) is 0 Å². The van der Waals surface area contributed by atoms with Gasteiger partial charge in [-0.2, -0.15) is 0 Å². The van der Waals surface area contributed by atoms with Crippen LogP contribution in [0.15, 0.2) is 0 Å². The fourth-order valence-corrected chi connectivity index (χ4v) is 0.564. The van der Waals surface area contributed by atoms with Crippen molar-refractivity contribution in [3.8, 4) is 0 Å². The first-order chi connectivity index (χ1) is 4.72. The molecule has 0 saturated heterocycles. The lowest BCUT2D eigenvalue weighted by Crippen LogP contribution is -2.33. The van der Waals surface area contributed by atoms with Gasteiger partial charge >= 0.3 is 0 Å². The number of hydrogen-bond acceptors (Lipinski definition) is 4. The zero-order valence-corrected chi connectivity index (χ0v) is 6.28. The minimum absolute atomic E-state index is 0.129. The third-order valence-electron chi connectivity index (χ3n) is 1.12. The summed E-state index contributed by atoms with van der Waals surface area (Å²) in [6.45, 7) is 0.259. The van der Waals surface area contributed by atoms with E-state index >= 15 is 0 Å². The van der Waals surface area contributed by atoms with Crippen LogP contribution in [-0.4, -0.2) is 49.9 Å². The van der Waals surface area contributed by atoms with Gasteiger partial charge in [0.15, 0.2) is 0 Å². The zero-order chi connectivity index (χ0) is 7.98. The first-order valence-corrected chi connectivity index (χ1v) is 3.06. The number of rotatable bonds is 5. The average molecular weight is 150 g/mol. The Morgan fingerprint density at radius 2 is 1.30 bits per heavy atom. The van der Waals surface area contributed by atoms with E-state index in [1.165, 1.54) is 14.2 Å². The van der Waals surface area contributed by atoms with Crippen LogP contribution in [0.5, 0.6) is 0 Å². The Hall–Kier alpha value is -0.160. The van der Waals surface area contributed by atoms with E-state index in [2.05, 4.69) is 9.47 Å². The highest BCUT2D eigenvalue weighted by Gasteiger charge is 2.14. The van der Waals surface area contributed by atoms with Crippen LogP contribution in [0.2, 0.25) is 0 Å². The molecule has 0 aromatic heterocycles. The predicted octanol–water partition coefficient (Wildman–Crippen LogP) is -0.999. The summed E-state index contributed by atoms with van der Waals surface area (Å²) in [4.78, 5) is 0. The summed E-state index contributed by atoms with van der Waals surface area (Å²) in [6, 6.07) is 0. The zero-order valence-electron chi connectivity index (χ0n) is 6.28. The Bertz CT molecular complexity index is 66.1. The van der Waals surface area contributed by atoms with Crippen molar-refractivity contribution in [2.75, 3.05) is 27.4 Å². The molecule has 0 heterocycles. The van der Waals surface area contributed by atoms with Crippen molar-refractivity contribution in [2.24, 2.45) is 0 Å². The van der Waals surface area contributed by atoms with Crippen molar-refractivity contribution in [3.05, 3.63) is 0 Å². The lowest BCUT2D eigenvalue weighted by Gasteiger charge is -2.15. The molecule has 0 unspecified atom stereocenters. The van der Waals surface area contributed by atoms with Crippen LogP contribution in [0.4, 0.5) is 0 Å². The Morgan fingerprint density at radius 1 is 1.00 bits per heavy atom. The van der Waals surface area contributed by atoms with Crippen LogP contribution in [0.25, 0.3) is 0 Å². The molecule has 10 heavy (non-hydrogen) atoms. The molecule has 0 aliphatic rings. The standard InChI is InChI=1S/C6H14O4/c1-9-3-5(7)6(8)4-10-2/h5-8H,3-4H2,1-2H3/t5-,6-/m0/s1. The first kappa shape index (κ1) is 9.84. The van der Waals surface area contributed by atoms with Crippen molar-refractivity contribution in [2.45, 2.75) is 12.2 Å². The third-order valence-corrected chi connectivity index (χ3v) is 1.12. The van der Waals surface area contributed by atoms with Crippen LogP contribution >= 0.6 is 0 Å². The van der Waals surface area contributed by atoms with Crippen LogP contribution in [-0.2, 0) is 9.47 Å². The SMILES string of the molecule is COC[C@H](O)[C@@H](O)COC. The van der Waals surface area contributed by atoms with Crippen LogP contribution in [0, 0.1) is 0 Å². The molecule has 0 aromatic carbocycles. The number of hydrogen-bond donors (Lipinski definition) is 2. The maximum atomic E-state index is 8.99. The minimum Gasteiger partial charge on any atom is -0.388 e. The average Bonchev–Trinajstić information content (AvgIpc) is 1.89. The second-order valence-electron chi connectivity index (χ2n) is 2.05. The van der Waals surface area contributed by atoms with Gasteiger partial charge < -0.3 is 19.7 Å². The lowest BCUT2D eigenvalue weighted by atomic mass is 10.2. The second-order valence-corrected chi connectivity index (χ2v) is 2.05. The molecular weight excluding hydrogens is 136 g/mol. The first-order valence-electron chi connectivity index (χ1n) is 3.06. The lowest BCUT2D eigenvalue weighted by molar-refractivity contribution is -0.0555. The summed E-state index contributed by atoms with van der Waals surface area (Å²) in [5.41, 5.74) is 0. The fourth-order valence-electron chi connectivity index (χ4n) is 0.564. The van der Waals surface area contributed by atoms with Crippen molar-refractivity contribution >= 4 is 0 Å². The smallest absolute Gasteiger partial charge is 0.105 e. The highest BCUT2D eigenvalue weighted by molar-refractivity contribution is 4.64. The monoisotopic (exact) mass is 150 g/mol. The molecule has 0 amide bonds. The number of methoxy groups -OCH3 is 2. The summed E-state index contributed by atoms with van der Waals surface area (Å²) >= 11 is 0. The maximum absolute atomic E-state index is 8.99. The van der Waals surface area contributed by atoms with Gasteiger partial charge in [0.05, 0.1) is 13.2 Å². The van der Waals surface area contributed by atoms with E-state index in [0.717, 1.165) is 0 Å². The van der Waals surface area contributed by atoms with Crippen LogP contribution in [0.3, 0.4) is 0 Å². The van der Waals surface area contributed by atoms with E-state index in [1.54, 1.807) is 0 Å². The third kappa shape index (κ3) is 3.79. The second kappa shape index (κ2) is 5.61. The Morgan fingerprint density at radius 3 is 1.50 bits per heavy atom. The fraction of sp³-hybridized carbons (Fsp3) is 1.00.